The topological polar surface area (TPSA) is 46.1 Å². The fourth-order valence-electron chi connectivity index (χ4n) is 1.40. The summed E-state index contributed by atoms with van der Waals surface area (Å²) in [5.74, 6) is 0.588. The van der Waals surface area contributed by atoms with Gasteiger partial charge in [0, 0.05) is 13.6 Å². The lowest BCUT2D eigenvalue weighted by molar-refractivity contribution is 0.0781. The van der Waals surface area contributed by atoms with Gasteiger partial charge in [0.15, 0.2) is 10.8 Å². The molecule has 1 amide bonds. The summed E-state index contributed by atoms with van der Waals surface area (Å²) in [6, 6.07) is 3.17. The molecule has 15 heavy (non-hydrogen) atoms. The number of nitrogens with zero attached hydrogens (tertiary/aromatic N) is 3. The van der Waals surface area contributed by atoms with Crippen LogP contribution >= 0.6 is 11.6 Å². The Morgan fingerprint density at radius 1 is 1.53 bits per heavy atom. The normalized spacial score (nSPS) is 15.1. The summed E-state index contributed by atoms with van der Waals surface area (Å²) in [5.41, 5.74) is 0.350. The molecule has 0 N–H and O–H groups in total. The molecule has 0 atom stereocenters. The molecule has 1 aromatic rings. The highest BCUT2D eigenvalue weighted by Crippen LogP contribution is 2.29. The molecular weight excluding hydrogens is 214 g/mol. The summed E-state index contributed by atoms with van der Waals surface area (Å²) in [6.07, 6.45) is 2.45. The van der Waals surface area contributed by atoms with Crippen molar-refractivity contribution in [2.24, 2.45) is 5.92 Å². The molecule has 2 rings (SSSR count). The summed E-state index contributed by atoms with van der Waals surface area (Å²) in [4.78, 5) is 13.5. The number of rotatable bonds is 3. The van der Waals surface area contributed by atoms with Crippen LogP contribution in [-0.4, -0.2) is 34.6 Å². The van der Waals surface area contributed by atoms with Gasteiger partial charge < -0.3 is 4.90 Å². The van der Waals surface area contributed by atoms with Gasteiger partial charge in [-0.1, -0.05) is 11.6 Å². The van der Waals surface area contributed by atoms with Crippen LogP contribution in [0.5, 0.6) is 0 Å². The van der Waals surface area contributed by atoms with Crippen molar-refractivity contribution in [3.8, 4) is 0 Å². The molecule has 1 aliphatic rings. The van der Waals surface area contributed by atoms with Gasteiger partial charge in [-0.3, -0.25) is 4.79 Å². The van der Waals surface area contributed by atoms with E-state index in [2.05, 4.69) is 10.2 Å². The monoisotopic (exact) mass is 225 g/mol. The van der Waals surface area contributed by atoms with E-state index in [9.17, 15) is 4.79 Å². The number of aromatic nitrogens is 2. The molecule has 80 valence electrons. The largest absolute Gasteiger partial charge is 0.340 e. The quantitative estimate of drug-likeness (QED) is 0.785. The number of carbonyl (C=O) groups is 1. The second-order valence-corrected chi connectivity index (χ2v) is 4.26. The molecular formula is C10H12ClN3O. The van der Waals surface area contributed by atoms with Gasteiger partial charge in [-0.05, 0) is 30.9 Å². The number of amides is 1. The van der Waals surface area contributed by atoms with Crippen molar-refractivity contribution in [2.75, 3.05) is 13.6 Å². The summed E-state index contributed by atoms with van der Waals surface area (Å²) in [6.45, 7) is 0.809. The van der Waals surface area contributed by atoms with Crippen LogP contribution in [-0.2, 0) is 0 Å². The highest BCUT2D eigenvalue weighted by molar-refractivity contribution is 6.29. The molecule has 0 aromatic carbocycles. The van der Waals surface area contributed by atoms with Gasteiger partial charge in [0.05, 0.1) is 0 Å². The zero-order valence-corrected chi connectivity index (χ0v) is 9.24. The maximum absolute atomic E-state index is 11.8. The Kier molecular flexibility index (Phi) is 2.86. The maximum atomic E-state index is 11.8. The molecule has 0 aliphatic heterocycles. The maximum Gasteiger partial charge on any atom is 0.274 e. The molecule has 0 saturated heterocycles. The van der Waals surface area contributed by atoms with Gasteiger partial charge in [0.25, 0.3) is 5.91 Å². The van der Waals surface area contributed by atoms with Crippen molar-refractivity contribution in [3.63, 3.8) is 0 Å². The van der Waals surface area contributed by atoms with E-state index in [0.29, 0.717) is 16.8 Å². The molecule has 0 spiro atoms. The molecule has 1 saturated carbocycles. The van der Waals surface area contributed by atoms with Gasteiger partial charge >= 0.3 is 0 Å². The third-order valence-corrected chi connectivity index (χ3v) is 2.63. The highest BCUT2D eigenvalue weighted by atomic mass is 35.5. The van der Waals surface area contributed by atoms with Gasteiger partial charge in [-0.2, -0.15) is 0 Å². The first-order chi connectivity index (χ1) is 7.16. The van der Waals surface area contributed by atoms with E-state index < -0.39 is 0 Å². The van der Waals surface area contributed by atoms with Crippen LogP contribution in [0.25, 0.3) is 0 Å². The van der Waals surface area contributed by atoms with Crippen LogP contribution < -0.4 is 0 Å². The first-order valence-corrected chi connectivity index (χ1v) is 5.29. The van der Waals surface area contributed by atoms with E-state index >= 15 is 0 Å². The fraction of sp³-hybridized carbons (Fsp3) is 0.500. The summed E-state index contributed by atoms with van der Waals surface area (Å²) in [5, 5.41) is 7.70. The molecule has 0 radical (unpaired) electrons. The lowest BCUT2D eigenvalue weighted by Crippen LogP contribution is -2.29. The number of halogens is 1. The molecule has 0 bridgehead atoms. The molecule has 0 unspecified atom stereocenters. The predicted molar refractivity (Wildman–Crippen MR) is 56.7 cm³/mol. The van der Waals surface area contributed by atoms with Gasteiger partial charge in [-0.25, -0.2) is 0 Å². The van der Waals surface area contributed by atoms with Crippen molar-refractivity contribution in [1.29, 1.82) is 0 Å². The Morgan fingerprint density at radius 3 is 2.80 bits per heavy atom. The third kappa shape index (κ3) is 2.65. The zero-order valence-electron chi connectivity index (χ0n) is 8.48. The predicted octanol–water partition coefficient (Wildman–Crippen LogP) is 1.61. The van der Waals surface area contributed by atoms with Crippen LogP contribution in [0.3, 0.4) is 0 Å². The van der Waals surface area contributed by atoms with Crippen LogP contribution in [0.1, 0.15) is 23.3 Å². The van der Waals surface area contributed by atoms with E-state index in [1.165, 1.54) is 12.8 Å². The van der Waals surface area contributed by atoms with Crippen LogP contribution in [0.2, 0.25) is 5.15 Å². The molecule has 1 aliphatic carbocycles. The average Bonchev–Trinajstić information content (AvgIpc) is 3.02. The van der Waals surface area contributed by atoms with E-state index in [1.54, 1.807) is 24.1 Å². The van der Waals surface area contributed by atoms with Crippen LogP contribution in [0, 0.1) is 5.92 Å². The Labute approximate surface area is 93.2 Å². The lowest BCUT2D eigenvalue weighted by atomic mass is 10.3. The Hall–Kier alpha value is -1.16. The first kappa shape index (κ1) is 10.4. The summed E-state index contributed by atoms with van der Waals surface area (Å²) >= 11 is 5.59. The highest BCUT2D eigenvalue weighted by Gasteiger charge is 2.25. The zero-order chi connectivity index (χ0) is 10.8. The minimum absolute atomic E-state index is 0.0916. The number of hydrogen-bond acceptors (Lipinski definition) is 3. The summed E-state index contributed by atoms with van der Waals surface area (Å²) < 4.78 is 0. The smallest absolute Gasteiger partial charge is 0.274 e. The molecule has 1 aromatic heterocycles. The van der Waals surface area contributed by atoms with Crippen LogP contribution in [0.4, 0.5) is 0 Å². The standard InChI is InChI=1S/C10H12ClN3O/c1-14(6-7-2-3-7)10(15)8-4-5-9(11)13-12-8/h4-5,7H,2-3,6H2,1H3. The van der Waals surface area contributed by atoms with Crippen molar-refractivity contribution in [3.05, 3.63) is 23.0 Å². The Morgan fingerprint density at radius 2 is 2.27 bits per heavy atom. The number of hydrogen-bond donors (Lipinski definition) is 0. The Balaban J connectivity index is 2.02. The minimum Gasteiger partial charge on any atom is -0.340 e. The fourth-order valence-corrected chi connectivity index (χ4v) is 1.50. The van der Waals surface area contributed by atoms with E-state index in [4.69, 9.17) is 11.6 Å². The van der Waals surface area contributed by atoms with E-state index in [1.807, 2.05) is 0 Å². The lowest BCUT2D eigenvalue weighted by Gasteiger charge is -2.15. The molecule has 4 nitrogen and oxygen atoms in total. The van der Waals surface area contributed by atoms with E-state index in [0.717, 1.165) is 6.54 Å². The Bertz CT molecular complexity index is 361. The second-order valence-electron chi connectivity index (χ2n) is 3.87. The van der Waals surface area contributed by atoms with Gasteiger partial charge in [0.2, 0.25) is 0 Å². The third-order valence-electron chi connectivity index (χ3n) is 2.43. The number of carbonyl (C=O) groups excluding carboxylic acids is 1. The SMILES string of the molecule is CN(CC1CC1)C(=O)c1ccc(Cl)nn1. The van der Waals surface area contributed by atoms with Gasteiger partial charge in [0.1, 0.15) is 0 Å². The molecule has 1 heterocycles. The molecule has 5 heteroatoms. The van der Waals surface area contributed by atoms with E-state index in [-0.39, 0.29) is 5.91 Å². The van der Waals surface area contributed by atoms with Crippen LogP contribution in [0.15, 0.2) is 12.1 Å². The summed E-state index contributed by atoms with van der Waals surface area (Å²) in [7, 11) is 1.79. The van der Waals surface area contributed by atoms with Crippen molar-refractivity contribution in [1.82, 2.24) is 15.1 Å². The molecule has 1 fully saturated rings. The first-order valence-electron chi connectivity index (χ1n) is 4.91. The van der Waals surface area contributed by atoms with Gasteiger partial charge in [-0.15, -0.1) is 10.2 Å². The average molecular weight is 226 g/mol. The minimum atomic E-state index is -0.0916. The second kappa shape index (κ2) is 4.14. The van der Waals surface area contributed by atoms with Crippen molar-refractivity contribution >= 4 is 17.5 Å². The van der Waals surface area contributed by atoms with Crippen molar-refractivity contribution < 1.29 is 4.79 Å². The van der Waals surface area contributed by atoms with Crippen molar-refractivity contribution in [2.45, 2.75) is 12.8 Å².